The summed E-state index contributed by atoms with van der Waals surface area (Å²) in [5, 5.41) is 14.8. The third-order valence-electron chi connectivity index (χ3n) is 11.2. The van der Waals surface area contributed by atoms with Crippen molar-refractivity contribution in [1.82, 2.24) is 24.9 Å². The Kier molecular flexibility index (Phi) is 33.8. The molecule has 0 saturated heterocycles. The van der Waals surface area contributed by atoms with Crippen LogP contribution < -0.4 is 14.5 Å². The first-order chi connectivity index (χ1) is 36.5. The van der Waals surface area contributed by atoms with E-state index >= 15 is 0 Å². The van der Waals surface area contributed by atoms with Gasteiger partial charge in [-0.3, -0.25) is 29.1 Å². The van der Waals surface area contributed by atoms with Crippen LogP contribution in [0.15, 0.2) is 36.7 Å². The molecule has 4 heterocycles. The quantitative estimate of drug-likeness (QED) is 0.0486. The Balaban J connectivity index is 0.00000210. The minimum absolute atomic E-state index is 0. The van der Waals surface area contributed by atoms with Crippen LogP contribution in [0.5, 0.6) is 11.5 Å². The predicted molar refractivity (Wildman–Crippen MR) is 289 cm³/mol. The van der Waals surface area contributed by atoms with Gasteiger partial charge in [0.1, 0.15) is 13.2 Å². The molecule has 0 saturated carbocycles. The Hall–Kier alpha value is -5.26. The van der Waals surface area contributed by atoms with E-state index in [1.807, 2.05) is 26.0 Å². The number of aliphatic carboxylic acids is 2. The summed E-state index contributed by atoms with van der Waals surface area (Å²) in [5.74, 6) is -1.39. The molecule has 0 aliphatic carbocycles. The van der Waals surface area contributed by atoms with Crippen molar-refractivity contribution in [2.45, 2.75) is 107 Å². The standard InChI is InChI=1S/C52H70N5O11.2C2H4O2.Gd/c1-9-16-61-21-22-63-25-27-67-51-31-47-48(32-52(51)68-28-26-64-24-23-62-20-19-60-8)54-34-50-36(5)42(15-13-18-66-38(7)59)46(57-50)30-44-40(11-3)39(10-2)43(55-44)29-45-41(14-12-17-65-37(6)58)35(4)49(56-45)33-53-47;2*1-2(3)4;/h29-34H,9-28H2,1-8H3;2*1H3,(H,3,4);/q-1;;;. The number of aromatic nitrogens is 5. The monoisotopic (exact) mass is 1220 g/mol. The molecule has 77 heavy (non-hydrogen) atoms. The second-order valence-electron chi connectivity index (χ2n) is 17.2. The zero-order chi connectivity index (χ0) is 55.8. The molecule has 2 aromatic heterocycles. The number of allylic oxidation sites excluding steroid dienone is 4. The zero-order valence-electron chi connectivity index (χ0n) is 46.4. The molecule has 426 valence electrons. The number of benzene rings is 1. The fourth-order valence-corrected chi connectivity index (χ4v) is 7.75. The molecule has 0 fully saturated rings. The molecule has 20 nitrogen and oxygen atoms in total. The van der Waals surface area contributed by atoms with Crippen LogP contribution in [0.3, 0.4) is 0 Å². The van der Waals surface area contributed by atoms with E-state index in [4.69, 9.17) is 87.4 Å². The molecule has 2 aliphatic heterocycles. The van der Waals surface area contributed by atoms with Crippen molar-refractivity contribution in [2.24, 2.45) is 0 Å². The molecule has 2 N–H and O–H groups in total. The van der Waals surface area contributed by atoms with Gasteiger partial charge in [-0.2, -0.15) is 0 Å². The summed E-state index contributed by atoms with van der Waals surface area (Å²) in [6.45, 7) is 20.6. The number of hydrogen-bond acceptors (Lipinski definition) is 17. The summed E-state index contributed by atoms with van der Waals surface area (Å²) in [6.07, 6.45) is 8.48. The van der Waals surface area contributed by atoms with E-state index in [1.54, 1.807) is 19.5 Å². The number of methoxy groups -OCH3 is 1. The first-order valence-corrected chi connectivity index (χ1v) is 25.7. The van der Waals surface area contributed by atoms with E-state index in [-0.39, 0.29) is 65.1 Å². The summed E-state index contributed by atoms with van der Waals surface area (Å²) >= 11 is 0. The van der Waals surface area contributed by atoms with Crippen LogP contribution in [0.2, 0.25) is 0 Å². The van der Waals surface area contributed by atoms with Crippen LogP contribution in [0.1, 0.15) is 128 Å². The summed E-state index contributed by atoms with van der Waals surface area (Å²) < 4.78 is 51.0. The van der Waals surface area contributed by atoms with Gasteiger partial charge in [0.2, 0.25) is 0 Å². The Morgan fingerprint density at radius 3 is 1.23 bits per heavy atom. The predicted octanol–water partition coefficient (Wildman–Crippen LogP) is 8.70. The molecule has 0 spiro atoms. The molecule has 2 aliphatic rings. The number of hydrogen-bond donors (Lipinski definition) is 2. The second kappa shape index (κ2) is 38.3. The minimum Gasteiger partial charge on any atom is -0.657 e. The number of rotatable bonds is 29. The summed E-state index contributed by atoms with van der Waals surface area (Å²) in [4.78, 5) is 66.9. The van der Waals surface area contributed by atoms with Gasteiger partial charge in [0.25, 0.3) is 11.9 Å². The molecule has 0 amide bonds. The van der Waals surface area contributed by atoms with Crippen LogP contribution in [0, 0.1) is 39.9 Å². The van der Waals surface area contributed by atoms with Gasteiger partial charge in [0.05, 0.1) is 112 Å². The Bertz CT molecular complexity index is 2620. The van der Waals surface area contributed by atoms with Gasteiger partial charge >= 0.3 is 11.9 Å². The molecule has 5 rings (SSSR count). The SMILES string of the molecule is CC(=O)O.CC(=O)O.CCCOCCOCCOc1cc2ncc3nc(cc4[n-]c(cc5nc(cnc2cc1OCCOCCOCCOC)C(C)=C5CCCOC(C)=O)c(CC)c4CC)C(CCCOC(C)=O)=C3C.[Gd]. The van der Waals surface area contributed by atoms with Crippen molar-refractivity contribution in [3.8, 4) is 11.5 Å². The van der Waals surface area contributed by atoms with Gasteiger partial charge in [-0.25, -0.2) is 9.97 Å². The number of carbonyl (C=O) groups excluding carboxylic acids is 2. The summed E-state index contributed by atoms with van der Waals surface area (Å²) in [5.41, 5.74) is 11.9. The third-order valence-corrected chi connectivity index (χ3v) is 11.2. The molecule has 21 heteroatoms. The first kappa shape index (κ1) is 67.9. The minimum atomic E-state index is -0.833. The van der Waals surface area contributed by atoms with Crippen molar-refractivity contribution < 1.29 is 112 Å². The number of carboxylic acids is 2. The van der Waals surface area contributed by atoms with Gasteiger partial charge in [-0.1, -0.05) is 44.0 Å². The number of aryl methyl sites for hydroxylation is 2. The smallest absolute Gasteiger partial charge is 0.302 e. The van der Waals surface area contributed by atoms with Crippen LogP contribution >= 0.6 is 0 Å². The van der Waals surface area contributed by atoms with Gasteiger partial charge in [0.15, 0.2) is 11.5 Å². The summed E-state index contributed by atoms with van der Waals surface area (Å²) in [7, 11) is 1.63. The summed E-state index contributed by atoms with van der Waals surface area (Å²) in [6, 6.07) is 7.76. The van der Waals surface area contributed by atoms with Gasteiger partial charge in [-0.05, 0) is 81.1 Å². The van der Waals surface area contributed by atoms with Crippen LogP contribution in [0.25, 0.3) is 44.4 Å². The maximum absolute atomic E-state index is 11.6. The Labute approximate surface area is 484 Å². The number of carboxylic acid groups (broad SMARTS) is 2. The normalized spacial score (nSPS) is 11.6. The number of ether oxygens (including phenoxy) is 9. The topological polar surface area (TPSA) is 257 Å². The molecule has 3 aromatic rings. The van der Waals surface area contributed by atoms with Crippen LogP contribution in [-0.4, -0.2) is 147 Å². The number of fused-ring (bicyclic) bond motifs is 7. The number of esters is 2. The molecule has 6 bridgehead atoms. The van der Waals surface area contributed by atoms with E-state index in [0.717, 1.165) is 89.0 Å². The molecular formula is C56H78GdN5O15-. The fourth-order valence-electron chi connectivity index (χ4n) is 7.75. The van der Waals surface area contributed by atoms with Crippen LogP contribution in [0.4, 0.5) is 0 Å². The van der Waals surface area contributed by atoms with Crippen molar-refractivity contribution in [1.29, 1.82) is 0 Å². The van der Waals surface area contributed by atoms with Gasteiger partial charge in [0, 0.05) is 93.5 Å². The van der Waals surface area contributed by atoms with Crippen molar-refractivity contribution in [3.05, 3.63) is 70.6 Å². The molecule has 0 radical (unpaired) electrons. The Morgan fingerprint density at radius 2 is 0.883 bits per heavy atom. The van der Waals surface area contributed by atoms with Crippen molar-refractivity contribution in [3.63, 3.8) is 0 Å². The maximum Gasteiger partial charge on any atom is 0.302 e. The molecule has 0 atom stereocenters. The number of carbonyl (C=O) groups is 4. The van der Waals surface area contributed by atoms with Crippen molar-refractivity contribution in [2.75, 3.05) is 93.0 Å². The molecular weight excluding hydrogens is 1140 g/mol. The largest absolute Gasteiger partial charge is 0.657 e. The van der Waals surface area contributed by atoms with E-state index in [9.17, 15) is 9.59 Å². The Morgan fingerprint density at radius 1 is 0.519 bits per heavy atom. The third kappa shape index (κ3) is 25.0. The second-order valence-corrected chi connectivity index (χ2v) is 17.2. The average Bonchev–Trinajstić information content (AvgIpc) is 3.97. The molecule has 1 aromatic carbocycles. The fraction of sp³-hybridized carbons (Fsp3) is 0.536. The molecule has 0 unspecified atom stereocenters. The van der Waals surface area contributed by atoms with E-state index in [0.29, 0.717) is 132 Å². The van der Waals surface area contributed by atoms with Gasteiger partial charge in [-0.15, -0.1) is 11.0 Å². The van der Waals surface area contributed by atoms with E-state index < -0.39 is 11.9 Å². The van der Waals surface area contributed by atoms with Gasteiger partial charge < -0.3 is 57.8 Å². The maximum atomic E-state index is 11.6. The first-order valence-electron chi connectivity index (χ1n) is 25.7. The number of nitrogens with zero attached hydrogens (tertiary/aromatic N) is 5. The van der Waals surface area contributed by atoms with E-state index in [2.05, 4.69) is 32.9 Å². The zero-order valence-corrected chi connectivity index (χ0v) is 48.7. The van der Waals surface area contributed by atoms with E-state index in [1.165, 1.54) is 13.8 Å². The van der Waals surface area contributed by atoms with Crippen molar-refractivity contribution >= 4 is 68.2 Å². The average molecular weight is 1220 g/mol. The van der Waals surface area contributed by atoms with Crippen LogP contribution in [-0.2, 0) is 65.2 Å².